The fraction of sp³-hybridized carbons (Fsp3) is 0.684. The van der Waals surface area contributed by atoms with Gasteiger partial charge in [0.25, 0.3) is 0 Å². The zero-order chi connectivity index (χ0) is 16.3. The van der Waals surface area contributed by atoms with E-state index in [1.165, 1.54) is 36.1 Å². The third-order valence-corrected chi connectivity index (χ3v) is 7.57. The average molecular weight is 346 g/mol. The van der Waals surface area contributed by atoms with Gasteiger partial charge in [0.1, 0.15) is 17.1 Å². The zero-order valence-corrected chi connectivity index (χ0v) is 14.5. The van der Waals surface area contributed by atoms with Gasteiger partial charge in [-0.05, 0) is 50.2 Å². The van der Waals surface area contributed by atoms with Crippen LogP contribution in [0.15, 0.2) is 6.07 Å². The lowest BCUT2D eigenvalue weighted by molar-refractivity contribution is -0.146. The molecule has 0 N–H and O–H groups in total. The minimum absolute atomic E-state index is 0.0662. The van der Waals surface area contributed by atoms with Crippen molar-refractivity contribution in [2.45, 2.75) is 63.6 Å². The van der Waals surface area contributed by atoms with Gasteiger partial charge in [-0.3, -0.25) is 4.79 Å². The van der Waals surface area contributed by atoms with Crippen molar-refractivity contribution in [3.05, 3.63) is 21.4 Å². The van der Waals surface area contributed by atoms with Crippen molar-refractivity contribution < 1.29 is 19.1 Å². The van der Waals surface area contributed by atoms with Crippen LogP contribution in [0.2, 0.25) is 0 Å². The number of rotatable bonds is 2. The van der Waals surface area contributed by atoms with E-state index in [-0.39, 0.29) is 36.0 Å². The SMILES string of the molecule is O=C(O[C@@H]1[C@@H]2C[C@@H]3[C@@H]1OC(=O)[C@@H]3C2)c1cc2c(s1)CCCCCC2. The van der Waals surface area contributed by atoms with Crippen LogP contribution in [0.25, 0.3) is 0 Å². The molecule has 0 radical (unpaired) electrons. The minimum Gasteiger partial charge on any atom is -0.458 e. The van der Waals surface area contributed by atoms with Crippen molar-refractivity contribution >= 4 is 23.3 Å². The molecule has 128 valence electrons. The zero-order valence-electron chi connectivity index (χ0n) is 13.7. The Hall–Kier alpha value is -1.36. The molecule has 2 bridgehead atoms. The smallest absolute Gasteiger partial charge is 0.348 e. The molecule has 1 saturated heterocycles. The Morgan fingerprint density at radius 1 is 1.17 bits per heavy atom. The third kappa shape index (κ3) is 2.24. The molecule has 2 heterocycles. The van der Waals surface area contributed by atoms with Crippen molar-refractivity contribution in [2.24, 2.45) is 17.8 Å². The van der Waals surface area contributed by atoms with E-state index in [0.29, 0.717) is 5.92 Å². The van der Waals surface area contributed by atoms with E-state index in [9.17, 15) is 9.59 Å². The second-order valence-corrected chi connectivity index (χ2v) is 8.88. The molecular weight excluding hydrogens is 324 g/mol. The van der Waals surface area contributed by atoms with E-state index >= 15 is 0 Å². The Bertz CT molecular complexity index is 668. The van der Waals surface area contributed by atoms with E-state index in [1.807, 2.05) is 6.07 Å². The Kier molecular flexibility index (Phi) is 3.47. The van der Waals surface area contributed by atoms with Crippen LogP contribution in [0.3, 0.4) is 0 Å². The van der Waals surface area contributed by atoms with Crippen molar-refractivity contribution in [3.63, 3.8) is 0 Å². The molecule has 4 nitrogen and oxygen atoms in total. The van der Waals surface area contributed by atoms with Crippen LogP contribution in [0.1, 0.15) is 58.6 Å². The van der Waals surface area contributed by atoms with Gasteiger partial charge in [-0.1, -0.05) is 12.8 Å². The van der Waals surface area contributed by atoms with E-state index in [4.69, 9.17) is 9.47 Å². The third-order valence-electron chi connectivity index (χ3n) is 6.35. The van der Waals surface area contributed by atoms with Crippen LogP contribution in [0.4, 0.5) is 0 Å². The number of esters is 2. The van der Waals surface area contributed by atoms with E-state index < -0.39 is 0 Å². The number of thiophene rings is 1. The van der Waals surface area contributed by atoms with Gasteiger partial charge in [0, 0.05) is 16.7 Å². The van der Waals surface area contributed by atoms with Gasteiger partial charge in [0.15, 0.2) is 0 Å². The molecule has 0 unspecified atom stereocenters. The molecule has 1 aromatic heterocycles. The highest BCUT2D eigenvalue weighted by atomic mass is 32.1. The van der Waals surface area contributed by atoms with Crippen molar-refractivity contribution in [1.82, 2.24) is 0 Å². The topological polar surface area (TPSA) is 52.6 Å². The Morgan fingerprint density at radius 3 is 2.88 bits per heavy atom. The number of ether oxygens (including phenoxy) is 2. The lowest BCUT2D eigenvalue weighted by Gasteiger charge is -2.24. The maximum Gasteiger partial charge on any atom is 0.348 e. The number of fused-ring (bicyclic) bond motifs is 2. The quantitative estimate of drug-likeness (QED) is 0.769. The molecule has 5 rings (SSSR count). The molecule has 4 aliphatic rings. The summed E-state index contributed by atoms with van der Waals surface area (Å²) in [5.74, 6) is 0.357. The first-order valence-corrected chi connectivity index (χ1v) is 10.1. The monoisotopic (exact) mass is 346 g/mol. The second kappa shape index (κ2) is 5.58. The summed E-state index contributed by atoms with van der Waals surface area (Å²) in [4.78, 5) is 26.6. The maximum absolute atomic E-state index is 12.7. The molecule has 1 aromatic rings. The average Bonchev–Trinajstić information content (AvgIpc) is 3.24. The number of hydrogen-bond acceptors (Lipinski definition) is 5. The highest BCUT2D eigenvalue weighted by Crippen LogP contribution is 2.55. The summed E-state index contributed by atoms with van der Waals surface area (Å²) in [5, 5.41) is 0. The molecule has 5 atom stereocenters. The van der Waals surface area contributed by atoms with Gasteiger partial charge in [-0.15, -0.1) is 11.3 Å². The normalized spacial score (nSPS) is 36.8. The fourth-order valence-electron chi connectivity index (χ4n) is 5.19. The molecule has 0 amide bonds. The summed E-state index contributed by atoms with van der Waals surface area (Å²) in [6.07, 6.45) is 8.56. The summed E-state index contributed by atoms with van der Waals surface area (Å²) < 4.78 is 11.3. The number of aryl methyl sites for hydroxylation is 2. The van der Waals surface area contributed by atoms with Crippen LogP contribution in [0, 0.1) is 17.8 Å². The van der Waals surface area contributed by atoms with Crippen molar-refractivity contribution in [1.29, 1.82) is 0 Å². The van der Waals surface area contributed by atoms with Crippen LogP contribution >= 0.6 is 11.3 Å². The molecule has 3 fully saturated rings. The molecule has 3 aliphatic carbocycles. The van der Waals surface area contributed by atoms with Crippen molar-refractivity contribution in [3.8, 4) is 0 Å². The summed E-state index contributed by atoms with van der Waals surface area (Å²) in [6, 6.07) is 2.05. The van der Waals surface area contributed by atoms with Gasteiger partial charge in [-0.2, -0.15) is 0 Å². The summed E-state index contributed by atoms with van der Waals surface area (Å²) in [5.41, 5.74) is 1.34. The van der Waals surface area contributed by atoms with Crippen molar-refractivity contribution in [2.75, 3.05) is 0 Å². The van der Waals surface area contributed by atoms with Gasteiger partial charge in [-0.25, -0.2) is 4.79 Å². The fourth-order valence-corrected chi connectivity index (χ4v) is 6.33. The number of carbonyl (C=O) groups excluding carboxylic acids is 2. The molecule has 2 saturated carbocycles. The summed E-state index contributed by atoms with van der Waals surface area (Å²) in [7, 11) is 0. The van der Waals surface area contributed by atoms with Gasteiger partial charge in [0.05, 0.1) is 5.92 Å². The van der Waals surface area contributed by atoms with E-state index in [2.05, 4.69) is 0 Å². The Balaban J connectivity index is 1.33. The summed E-state index contributed by atoms with van der Waals surface area (Å²) >= 11 is 1.61. The second-order valence-electron chi connectivity index (χ2n) is 7.75. The van der Waals surface area contributed by atoms with Gasteiger partial charge in [0.2, 0.25) is 0 Å². The van der Waals surface area contributed by atoms with Gasteiger partial charge >= 0.3 is 11.9 Å². The predicted molar refractivity (Wildman–Crippen MR) is 89.0 cm³/mol. The lowest BCUT2D eigenvalue weighted by Crippen LogP contribution is -2.35. The standard InChI is InChI=1S/C19H22O4S/c20-18-13-8-11-7-12(13)17(23-18)16(11)22-19(21)15-9-10-5-3-1-2-4-6-14(10)24-15/h9,11-13,16-17H,1-8H2/t11-,12+,13-,16-,17+/m1/s1. The number of hydrogen-bond donors (Lipinski definition) is 0. The first-order chi connectivity index (χ1) is 11.7. The van der Waals surface area contributed by atoms with Crippen LogP contribution in [-0.2, 0) is 27.1 Å². The van der Waals surface area contributed by atoms with Gasteiger partial charge < -0.3 is 9.47 Å². The lowest BCUT2D eigenvalue weighted by atomic mass is 9.88. The Labute approximate surface area is 145 Å². The molecular formula is C19H22O4S. The Morgan fingerprint density at radius 2 is 2.00 bits per heavy atom. The molecule has 24 heavy (non-hydrogen) atoms. The predicted octanol–water partition coefficient (Wildman–Crippen LogP) is 3.51. The van der Waals surface area contributed by atoms with E-state index in [1.54, 1.807) is 11.3 Å². The molecule has 1 aliphatic heterocycles. The summed E-state index contributed by atoms with van der Waals surface area (Å²) in [6.45, 7) is 0. The minimum atomic E-state index is -0.227. The number of carbonyl (C=O) groups is 2. The molecule has 5 heteroatoms. The first kappa shape index (κ1) is 14.9. The van der Waals surface area contributed by atoms with Crippen LogP contribution in [-0.4, -0.2) is 24.1 Å². The molecule has 0 spiro atoms. The first-order valence-electron chi connectivity index (χ1n) is 9.24. The largest absolute Gasteiger partial charge is 0.458 e. The molecule has 0 aromatic carbocycles. The van der Waals surface area contributed by atoms with E-state index in [0.717, 1.165) is 30.6 Å². The highest BCUT2D eigenvalue weighted by Gasteiger charge is 2.63. The highest BCUT2D eigenvalue weighted by molar-refractivity contribution is 7.14. The van der Waals surface area contributed by atoms with Crippen LogP contribution in [0.5, 0.6) is 0 Å². The van der Waals surface area contributed by atoms with Crippen LogP contribution < -0.4 is 0 Å². The maximum atomic E-state index is 12.7.